The van der Waals surface area contributed by atoms with Crippen LogP contribution in [0.5, 0.6) is 17.2 Å². The van der Waals surface area contributed by atoms with Gasteiger partial charge in [0.1, 0.15) is 12.4 Å². The van der Waals surface area contributed by atoms with Gasteiger partial charge < -0.3 is 18.8 Å². The van der Waals surface area contributed by atoms with Crippen molar-refractivity contribution in [2.45, 2.75) is 12.7 Å². The van der Waals surface area contributed by atoms with Crippen LogP contribution in [0.4, 0.5) is 13.2 Å². The van der Waals surface area contributed by atoms with Gasteiger partial charge in [-0.15, -0.1) is 0 Å². The average Bonchev–Trinajstić information content (AvgIpc) is 3.24. The lowest BCUT2D eigenvalue weighted by Crippen LogP contribution is -2.22. The van der Waals surface area contributed by atoms with E-state index in [1.165, 1.54) is 12.3 Å². The first kappa shape index (κ1) is 18.7. The van der Waals surface area contributed by atoms with Gasteiger partial charge >= 0.3 is 6.18 Å². The van der Waals surface area contributed by atoms with Gasteiger partial charge in [-0.25, -0.2) is 0 Å². The number of carbonyl (C=O) groups is 1. The van der Waals surface area contributed by atoms with E-state index in [2.05, 4.69) is 15.9 Å². The highest BCUT2D eigenvalue weighted by molar-refractivity contribution is 9.10. The molecule has 2 heterocycles. The minimum absolute atomic E-state index is 0.152. The van der Waals surface area contributed by atoms with Crippen molar-refractivity contribution in [1.29, 1.82) is 0 Å². The zero-order valence-corrected chi connectivity index (χ0v) is 15.8. The lowest BCUT2D eigenvalue weighted by Gasteiger charge is -2.09. The summed E-state index contributed by atoms with van der Waals surface area (Å²) in [5, 5.41) is 0.236. The second-order valence-corrected chi connectivity index (χ2v) is 7.00. The monoisotopic (exact) mass is 455 g/mol. The number of ketones is 1. The smallest absolute Gasteiger partial charge is 0.454 e. The molecule has 2 aromatic carbocycles. The molecule has 5 nitrogen and oxygen atoms in total. The molecule has 9 heteroatoms. The number of aromatic nitrogens is 1. The predicted molar refractivity (Wildman–Crippen MR) is 98.1 cm³/mol. The van der Waals surface area contributed by atoms with Crippen molar-refractivity contribution in [1.82, 2.24) is 4.57 Å². The van der Waals surface area contributed by atoms with Crippen molar-refractivity contribution < 1.29 is 32.2 Å². The number of halogens is 4. The molecule has 4 rings (SSSR count). The molecule has 3 aromatic rings. The number of Topliss-reactive ketones (excluding diaryl/α,β-unsaturated/α-hetero) is 1. The molecular weight excluding hydrogens is 443 g/mol. The number of carbonyl (C=O) groups excluding carboxylic acids is 1. The van der Waals surface area contributed by atoms with Crippen molar-refractivity contribution in [3.05, 3.63) is 52.6 Å². The fourth-order valence-corrected chi connectivity index (χ4v) is 3.38. The summed E-state index contributed by atoms with van der Waals surface area (Å²) in [5.74, 6) is -0.113. The van der Waals surface area contributed by atoms with Crippen LogP contribution in [0.25, 0.3) is 10.9 Å². The predicted octanol–water partition coefficient (Wildman–Crippen LogP) is 4.96. The maximum absolute atomic E-state index is 12.9. The summed E-state index contributed by atoms with van der Waals surface area (Å²) in [5.41, 5.74) is 0.136. The zero-order valence-electron chi connectivity index (χ0n) is 14.3. The zero-order chi connectivity index (χ0) is 19.9. The molecule has 0 saturated heterocycles. The van der Waals surface area contributed by atoms with Gasteiger partial charge in [-0.2, -0.15) is 13.2 Å². The largest absolute Gasteiger partial charge is 0.492 e. The van der Waals surface area contributed by atoms with Crippen molar-refractivity contribution in [2.24, 2.45) is 0 Å². The van der Waals surface area contributed by atoms with Gasteiger partial charge in [0.05, 0.1) is 12.1 Å². The van der Waals surface area contributed by atoms with E-state index in [1.54, 1.807) is 34.9 Å². The van der Waals surface area contributed by atoms with E-state index >= 15 is 0 Å². The Balaban J connectivity index is 1.56. The van der Waals surface area contributed by atoms with E-state index in [0.717, 1.165) is 0 Å². The van der Waals surface area contributed by atoms with Crippen LogP contribution in [0.3, 0.4) is 0 Å². The summed E-state index contributed by atoms with van der Waals surface area (Å²) < 4.78 is 57.2. The first-order valence-corrected chi connectivity index (χ1v) is 9.04. The Kier molecular flexibility index (Phi) is 4.70. The number of fused-ring (bicyclic) bond motifs is 2. The fraction of sp³-hybridized carbons (Fsp3) is 0.211. The molecule has 1 aliphatic rings. The van der Waals surface area contributed by atoms with E-state index in [4.69, 9.17) is 14.2 Å². The minimum atomic E-state index is -4.94. The number of hydrogen-bond acceptors (Lipinski definition) is 4. The quantitative estimate of drug-likeness (QED) is 0.510. The van der Waals surface area contributed by atoms with E-state index < -0.39 is 12.0 Å². The Labute approximate surface area is 165 Å². The lowest BCUT2D eigenvalue weighted by molar-refractivity contribution is -0.0884. The second kappa shape index (κ2) is 7.05. The van der Waals surface area contributed by atoms with Gasteiger partial charge in [0, 0.05) is 27.6 Å². The summed E-state index contributed by atoms with van der Waals surface area (Å²) >= 11 is 3.23. The van der Waals surface area contributed by atoms with Crippen LogP contribution in [0.15, 0.2) is 47.1 Å². The molecular formula is C19H13BrF3NO4. The van der Waals surface area contributed by atoms with Gasteiger partial charge in [-0.05, 0) is 30.3 Å². The van der Waals surface area contributed by atoms with Crippen molar-refractivity contribution >= 4 is 32.6 Å². The Bertz CT molecular complexity index is 1060. The summed E-state index contributed by atoms with van der Waals surface area (Å²) in [7, 11) is 0. The molecule has 0 unspecified atom stereocenters. The number of benzene rings is 2. The van der Waals surface area contributed by atoms with E-state index in [9.17, 15) is 18.0 Å². The molecule has 0 spiro atoms. The van der Waals surface area contributed by atoms with Gasteiger partial charge in [0.25, 0.3) is 5.78 Å². The standard InChI is InChI=1S/C19H13BrF3NO4/c20-11-1-3-15-13(7-11)14(18(25)19(21,22)23)9-24(15)5-6-26-12-2-4-16-17(8-12)28-10-27-16/h1-4,7-9H,5-6,10H2. The van der Waals surface area contributed by atoms with Crippen LogP contribution in [-0.2, 0) is 6.54 Å². The first-order valence-electron chi connectivity index (χ1n) is 8.25. The van der Waals surface area contributed by atoms with Gasteiger partial charge in [0.2, 0.25) is 6.79 Å². The average molecular weight is 456 g/mol. The van der Waals surface area contributed by atoms with E-state index in [-0.39, 0.29) is 30.9 Å². The Hall–Kier alpha value is -2.68. The number of hydrogen-bond donors (Lipinski definition) is 0. The van der Waals surface area contributed by atoms with Gasteiger partial charge in [-0.1, -0.05) is 15.9 Å². The molecule has 146 valence electrons. The van der Waals surface area contributed by atoms with Gasteiger partial charge in [-0.3, -0.25) is 4.79 Å². The molecule has 0 fully saturated rings. The summed E-state index contributed by atoms with van der Waals surface area (Å²) in [6.45, 7) is 0.608. The maximum atomic E-state index is 12.9. The summed E-state index contributed by atoms with van der Waals surface area (Å²) in [6, 6.07) is 10.00. The molecule has 0 N–H and O–H groups in total. The van der Waals surface area contributed by atoms with E-state index in [0.29, 0.717) is 27.2 Å². The molecule has 1 aromatic heterocycles. The SMILES string of the molecule is O=C(c1cn(CCOc2ccc3c(c2)OCO3)c2ccc(Br)cc12)C(F)(F)F. The first-order chi connectivity index (χ1) is 13.3. The highest BCUT2D eigenvalue weighted by Gasteiger charge is 2.40. The maximum Gasteiger partial charge on any atom is 0.454 e. The van der Waals surface area contributed by atoms with Crippen molar-refractivity contribution in [3.8, 4) is 17.2 Å². The van der Waals surface area contributed by atoms with Crippen LogP contribution in [0.2, 0.25) is 0 Å². The van der Waals surface area contributed by atoms with Gasteiger partial charge in [0.15, 0.2) is 11.5 Å². The molecule has 0 amide bonds. The summed E-state index contributed by atoms with van der Waals surface area (Å²) in [6.07, 6.45) is -3.72. The third kappa shape index (κ3) is 3.54. The van der Waals surface area contributed by atoms with Crippen LogP contribution in [-0.4, -0.2) is 29.9 Å². The fourth-order valence-electron chi connectivity index (χ4n) is 3.02. The van der Waals surface area contributed by atoms with Crippen molar-refractivity contribution in [3.63, 3.8) is 0 Å². The molecule has 0 atom stereocenters. The second-order valence-electron chi connectivity index (χ2n) is 6.09. The Morgan fingerprint density at radius 1 is 1.14 bits per heavy atom. The van der Waals surface area contributed by atoms with Crippen LogP contribution in [0.1, 0.15) is 10.4 Å². The summed E-state index contributed by atoms with van der Waals surface area (Å²) in [4.78, 5) is 11.8. The highest BCUT2D eigenvalue weighted by Crippen LogP contribution is 2.35. The third-order valence-corrected chi connectivity index (χ3v) is 4.78. The topological polar surface area (TPSA) is 49.7 Å². The highest BCUT2D eigenvalue weighted by atomic mass is 79.9. The van der Waals surface area contributed by atoms with Crippen LogP contribution >= 0.6 is 15.9 Å². The molecule has 0 saturated carbocycles. The number of nitrogens with zero attached hydrogens (tertiary/aromatic N) is 1. The Morgan fingerprint density at radius 3 is 2.71 bits per heavy atom. The van der Waals surface area contributed by atoms with Crippen LogP contribution < -0.4 is 14.2 Å². The normalized spacial score (nSPS) is 13.1. The van der Waals surface area contributed by atoms with Crippen LogP contribution in [0, 0.1) is 0 Å². The number of alkyl halides is 3. The molecule has 0 radical (unpaired) electrons. The minimum Gasteiger partial charge on any atom is -0.492 e. The molecule has 0 aliphatic carbocycles. The molecule has 1 aliphatic heterocycles. The third-order valence-electron chi connectivity index (χ3n) is 4.29. The molecule has 28 heavy (non-hydrogen) atoms. The number of rotatable bonds is 5. The van der Waals surface area contributed by atoms with Crippen molar-refractivity contribution in [2.75, 3.05) is 13.4 Å². The lowest BCUT2D eigenvalue weighted by atomic mass is 10.1. The van der Waals surface area contributed by atoms with E-state index in [1.807, 2.05) is 0 Å². The Morgan fingerprint density at radius 2 is 1.93 bits per heavy atom. The number of ether oxygens (including phenoxy) is 3. The molecule has 0 bridgehead atoms.